The fraction of sp³-hybridized carbons (Fsp3) is 0.364. The Morgan fingerprint density at radius 1 is 1.23 bits per heavy atom. The largest absolute Gasteiger partial charge is 0.480 e. The SMILES string of the molecule is CC(C)(C)OC(=O)N1CC(c2nnn(-c3ccc(Oc4ncc(Cl)cc4F)cc3)n2)CC1C(=O)O. The van der Waals surface area contributed by atoms with Gasteiger partial charge in [0.2, 0.25) is 0 Å². The topological polar surface area (TPSA) is 133 Å². The molecule has 0 spiro atoms. The van der Waals surface area contributed by atoms with Crippen molar-refractivity contribution in [3.63, 3.8) is 0 Å². The maximum Gasteiger partial charge on any atom is 0.411 e. The lowest BCUT2D eigenvalue weighted by Crippen LogP contribution is -2.43. The number of carbonyl (C=O) groups excluding carboxylic acids is 1. The highest BCUT2D eigenvalue weighted by atomic mass is 35.5. The van der Waals surface area contributed by atoms with Crippen molar-refractivity contribution in [1.29, 1.82) is 0 Å². The fourth-order valence-electron chi connectivity index (χ4n) is 3.51. The summed E-state index contributed by atoms with van der Waals surface area (Å²) in [4.78, 5) is 30.5. The Hall–Kier alpha value is -3.80. The van der Waals surface area contributed by atoms with Crippen LogP contribution in [-0.2, 0) is 9.53 Å². The van der Waals surface area contributed by atoms with Crippen molar-refractivity contribution in [3.05, 3.63) is 53.2 Å². The third-order valence-electron chi connectivity index (χ3n) is 5.06. The standard InChI is InChI=1S/C22H22ClFN6O5/c1-22(2,3)35-21(33)29-11-12(8-17(29)20(31)32)18-26-28-30(27-18)14-4-6-15(7-5-14)34-19-16(24)9-13(23)10-25-19/h4-7,9-10,12,17H,8,11H2,1-3H3,(H,31,32). The molecule has 2 aromatic heterocycles. The van der Waals surface area contributed by atoms with E-state index in [1.54, 1.807) is 45.0 Å². The van der Waals surface area contributed by atoms with E-state index in [-0.39, 0.29) is 23.9 Å². The Bertz CT molecular complexity index is 1250. The first-order valence-electron chi connectivity index (χ1n) is 10.6. The number of carboxylic acid groups (broad SMARTS) is 1. The Labute approximate surface area is 204 Å². The molecule has 11 nitrogen and oxygen atoms in total. The number of aromatic nitrogens is 5. The Morgan fingerprint density at radius 2 is 1.94 bits per heavy atom. The second kappa shape index (κ2) is 9.45. The number of amides is 1. The number of likely N-dealkylation sites (tertiary alicyclic amines) is 1. The van der Waals surface area contributed by atoms with Gasteiger partial charge in [0.1, 0.15) is 17.4 Å². The van der Waals surface area contributed by atoms with E-state index in [9.17, 15) is 19.1 Å². The molecule has 3 aromatic rings. The van der Waals surface area contributed by atoms with Crippen LogP contribution in [0, 0.1) is 5.82 Å². The predicted octanol–water partition coefficient (Wildman–Crippen LogP) is 3.82. The molecule has 3 heterocycles. The van der Waals surface area contributed by atoms with Gasteiger partial charge in [0.25, 0.3) is 5.88 Å². The molecule has 4 rings (SSSR count). The summed E-state index contributed by atoms with van der Waals surface area (Å²) in [5.41, 5.74) is -0.220. The molecule has 35 heavy (non-hydrogen) atoms. The van der Waals surface area contributed by atoms with E-state index < -0.39 is 35.4 Å². The fourth-order valence-corrected chi connectivity index (χ4v) is 3.66. The van der Waals surface area contributed by atoms with Crippen molar-refractivity contribution in [2.24, 2.45) is 0 Å². The number of benzene rings is 1. The molecule has 0 aliphatic carbocycles. The van der Waals surface area contributed by atoms with Crippen molar-refractivity contribution in [1.82, 2.24) is 30.1 Å². The number of pyridine rings is 1. The molecule has 1 N–H and O–H groups in total. The Kier molecular flexibility index (Phi) is 6.57. The average Bonchev–Trinajstić information content (AvgIpc) is 3.43. The summed E-state index contributed by atoms with van der Waals surface area (Å²) in [7, 11) is 0. The minimum Gasteiger partial charge on any atom is -0.480 e. The molecule has 13 heteroatoms. The van der Waals surface area contributed by atoms with Gasteiger partial charge in [-0.05, 0) is 62.7 Å². The van der Waals surface area contributed by atoms with Crippen molar-refractivity contribution in [3.8, 4) is 17.3 Å². The predicted molar refractivity (Wildman–Crippen MR) is 120 cm³/mol. The molecule has 1 aliphatic heterocycles. The van der Waals surface area contributed by atoms with Crippen LogP contribution in [0.1, 0.15) is 38.9 Å². The smallest absolute Gasteiger partial charge is 0.411 e. The van der Waals surface area contributed by atoms with Gasteiger partial charge in [-0.1, -0.05) is 11.6 Å². The molecule has 0 saturated carbocycles. The van der Waals surface area contributed by atoms with Crippen LogP contribution in [0.4, 0.5) is 9.18 Å². The summed E-state index contributed by atoms with van der Waals surface area (Å²) in [6, 6.07) is 6.47. The zero-order valence-corrected chi connectivity index (χ0v) is 19.8. The van der Waals surface area contributed by atoms with Gasteiger partial charge in [-0.3, -0.25) is 4.90 Å². The molecule has 0 bridgehead atoms. The van der Waals surface area contributed by atoms with Gasteiger partial charge >= 0.3 is 12.1 Å². The number of ether oxygens (including phenoxy) is 2. The van der Waals surface area contributed by atoms with E-state index in [0.717, 1.165) is 6.07 Å². The normalized spacial score (nSPS) is 17.9. The minimum absolute atomic E-state index is 0.0873. The summed E-state index contributed by atoms with van der Waals surface area (Å²) in [6.45, 7) is 5.21. The second-order valence-corrected chi connectivity index (χ2v) is 9.33. The highest BCUT2D eigenvalue weighted by molar-refractivity contribution is 6.30. The van der Waals surface area contributed by atoms with Crippen LogP contribution in [0.3, 0.4) is 0 Å². The highest BCUT2D eigenvalue weighted by Gasteiger charge is 2.43. The third-order valence-corrected chi connectivity index (χ3v) is 5.27. The van der Waals surface area contributed by atoms with E-state index in [1.165, 1.54) is 15.9 Å². The second-order valence-electron chi connectivity index (χ2n) is 8.89. The first-order chi connectivity index (χ1) is 16.5. The zero-order valence-electron chi connectivity index (χ0n) is 19.1. The number of aliphatic carboxylic acids is 1. The van der Waals surface area contributed by atoms with Gasteiger partial charge in [0.15, 0.2) is 11.6 Å². The Morgan fingerprint density at radius 3 is 2.57 bits per heavy atom. The number of rotatable bonds is 5. The van der Waals surface area contributed by atoms with Crippen LogP contribution in [0.5, 0.6) is 11.6 Å². The number of tetrazole rings is 1. The lowest BCUT2D eigenvalue weighted by Gasteiger charge is -2.26. The van der Waals surface area contributed by atoms with Gasteiger partial charge < -0.3 is 14.6 Å². The van der Waals surface area contributed by atoms with E-state index >= 15 is 0 Å². The number of hydrogen-bond donors (Lipinski definition) is 1. The van der Waals surface area contributed by atoms with E-state index in [4.69, 9.17) is 21.1 Å². The van der Waals surface area contributed by atoms with E-state index in [1.807, 2.05) is 0 Å². The number of hydrogen-bond acceptors (Lipinski definition) is 8. The summed E-state index contributed by atoms with van der Waals surface area (Å²) < 4.78 is 24.7. The van der Waals surface area contributed by atoms with Crippen molar-refractivity contribution >= 4 is 23.7 Å². The molecule has 1 aromatic carbocycles. The molecular formula is C22H22ClFN6O5. The van der Waals surface area contributed by atoms with Crippen LogP contribution < -0.4 is 4.74 Å². The molecule has 0 radical (unpaired) electrons. The van der Waals surface area contributed by atoms with E-state index in [0.29, 0.717) is 17.3 Å². The van der Waals surface area contributed by atoms with Crippen molar-refractivity contribution in [2.45, 2.75) is 44.8 Å². The lowest BCUT2D eigenvalue weighted by molar-refractivity contribution is -0.142. The quantitative estimate of drug-likeness (QED) is 0.550. The minimum atomic E-state index is -1.13. The maximum atomic E-state index is 13.9. The van der Waals surface area contributed by atoms with Crippen LogP contribution >= 0.6 is 11.6 Å². The molecule has 2 unspecified atom stereocenters. The molecule has 1 amide bonds. The number of carbonyl (C=O) groups is 2. The van der Waals surface area contributed by atoms with Gasteiger partial charge in [0.05, 0.1) is 10.7 Å². The zero-order chi connectivity index (χ0) is 25.3. The van der Waals surface area contributed by atoms with E-state index in [2.05, 4.69) is 20.4 Å². The van der Waals surface area contributed by atoms with Gasteiger partial charge in [-0.2, -0.15) is 0 Å². The van der Waals surface area contributed by atoms with Crippen LogP contribution in [0.15, 0.2) is 36.5 Å². The monoisotopic (exact) mass is 504 g/mol. The molecular weight excluding hydrogens is 483 g/mol. The third kappa shape index (κ3) is 5.65. The van der Waals surface area contributed by atoms with Crippen LogP contribution in [-0.4, -0.2) is 65.4 Å². The van der Waals surface area contributed by atoms with Gasteiger partial charge in [-0.15, -0.1) is 15.0 Å². The average molecular weight is 505 g/mol. The summed E-state index contributed by atoms with van der Waals surface area (Å²) >= 11 is 5.69. The van der Waals surface area contributed by atoms with Crippen molar-refractivity contribution in [2.75, 3.05) is 6.54 Å². The van der Waals surface area contributed by atoms with Gasteiger partial charge in [0, 0.05) is 18.7 Å². The molecule has 1 fully saturated rings. The molecule has 184 valence electrons. The lowest BCUT2D eigenvalue weighted by atomic mass is 10.1. The first-order valence-corrected chi connectivity index (χ1v) is 11.0. The molecule has 2 atom stereocenters. The molecule has 1 aliphatic rings. The van der Waals surface area contributed by atoms with Crippen molar-refractivity contribution < 1.29 is 28.6 Å². The first kappa shape index (κ1) is 24.3. The number of carboxylic acids is 1. The summed E-state index contributed by atoms with van der Waals surface area (Å²) in [6.07, 6.45) is 0.700. The number of nitrogens with zero attached hydrogens (tertiary/aromatic N) is 6. The van der Waals surface area contributed by atoms with Crippen LogP contribution in [0.2, 0.25) is 5.02 Å². The summed E-state index contributed by atoms with van der Waals surface area (Å²) in [5, 5.41) is 22.2. The Balaban J connectivity index is 1.46. The number of halogens is 2. The van der Waals surface area contributed by atoms with Gasteiger partial charge in [-0.25, -0.2) is 19.0 Å². The molecule has 1 saturated heterocycles. The summed E-state index contributed by atoms with van der Waals surface area (Å²) in [5.74, 6) is -1.84. The maximum absolute atomic E-state index is 13.9. The highest BCUT2D eigenvalue weighted by Crippen LogP contribution is 2.31. The van der Waals surface area contributed by atoms with Crippen LogP contribution in [0.25, 0.3) is 5.69 Å².